The number of nitrogens with zero attached hydrogens (tertiary/aromatic N) is 2. The van der Waals surface area contributed by atoms with E-state index < -0.39 is 0 Å². The molecule has 0 radical (unpaired) electrons. The van der Waals surface area contributed by atoms with Crippen molar-refractivity contribution >= 4 is 28.4 Å². The molecule has 0 bridgehead atoms. The van der Waals surface area contributed by atoms with Crippen LogP contribution < -0.4 is 11.1 Å². The van der Waals surface area contributed by atoms with E-state index in [0.29, 0.717) is 22.2 Å². The number of thioether (sulfide) groups is 1. The molecule has 7 heteroatoms. The summed E-state index contributed by atoms with van der Waals surface area (Å²) in [6.45, 7) is 4.00. The number of nitrogens with one attached hydrogen (secondary N) is 1. The molecule has 2 heterocycles. The van der Waals surface area contributed by atoms with Gasteiger partial charge in [0.25, 0.3) is 0 Å². The van der Waals surface area contributed by atoms with Gasteiger partial charge >= 0.3 is 0 Å². The highest BCUT2D eigenvalue weighted by Gasteiger charge is 2.29. The predicted octanol–water partition coefficient (Wildman–Crippen LogP) is 4.61. The van der Waals surface area contributed by atoms with Crippen LogP contribution in [0, 0.1) is 6.92 Å². The van der Waals surface area contributed by atoms with Crippen LogP contribution in [0.4, 0.5) is 5.69 Å². The molecule has 6 nitrogen and oxygen atoms in total. The van der Waals surface area contributed by atoms with Crippen molar-refractivity contribution in [3.63, 3.8) is 0 Å². The number of hydrogen-bond acceptors (Lipinski definition) is 7. The number of ketones is 1. The molecule has 1 aliphatic rings. The van der Waals surface area contributed by atoms with Gasteiger partial charge in [0.05, 0.1) is 17.6 Å². The highest BCUT2D eigenvalue weighted by molar-refractivity contribution is 8.13. The van der Waals surface area contributed by atoms with E-state index in [4.69, 9.17) is 10.3 Å². The van der Waals surface area contributed by atoms with Crippen molar-refractivity contribution in [1.29, 1.82) is 0 Å². The minimum atomic E-state index is -0.345. The van der Waals surface area contributed by atoms with Gasteiger partial charge < -0.3 is 15.6 Å². The van der Waals surface area contributed by atoms with E-state index in [0.717, 1.165) is 29.0 Å². The Morgan fingerprint density at radius 1 is 1.23 bits per heavy atom. The van der Waals surface area contributed by atoms with E-state index in [9.17, 15) is 4.79 Å². The maximum atomic E-state index is 13.0. The fraction of sp³-hybridized carbons (Fsp3) is 0.261. The standard InChI is InChI=1S/C23H24N4O2S/c1-15-20(21(27-29-15)16-7-4-3-5-8-16)19(28)14-25-18-10-6-9-17(13-18)23(2)11-12-30-22(24)26-23/h3-10,13,25H,11-12,14H2,1-2H3,(H2,24,26). The zero-order valence-corrected chi connectivity index (χ0v) is 17.8. The SMILES string of the molecule is Cc1onc(-c2ccccc2)c1C(=O)CNc1cccc(C2(C)CCSC(N)=N2)c1. The van der Waals surface area contributed by atoms with Gasteiger partial charge in [-0.05, 0) is 38.0 Å². The summed E-state index contributed by atoms with van der Waals surface area (Å²) in [5, 5.41) is 7.96. The first-order chi connectivity index (χ1) is 14.5. The number of nitrogens with two attached hydrogens (primary N) is 1. The molecule has 0 saturated heterocycles. The van der Waals surface area contributed by atoms with E-state index >= 15 is 0 Å². The normalized spacial score (nSPS) is 18.7. The highest BCUT2D eigenvalue weighted by Crippen LogP contribution is 2.36. The molecule has 1 aromatic heterocycles. The second-order valence-electron chi connectivity index (χ2n) is 7.51. The van der Waals surface area contributed by atoms with Crippen molar-refractivity contribution in [2.45, 2.75) is 25.8 Å². The van der Waals surface area contributed by atoms with E-state index in [-0.39, 0.29) is 17.9 Å². The number of aryl methyl sites for hydroxylation is 1. The average Bonchev–Trinajstić information content (AvgIpc) is 3.14. The summed E-state index contributed by atoms with van der Waals surface area (Å²) in [6.07, 6.45) is 0.918. The summed E-state index contributed by atoms with van der Waals surface area (Å²) in [6, 6.07) is 17.6. The smallest absolute Gasteiger partial charge is 0.187 e. The van der Waals surface area contributed by atoms with Crippen LogP contribution >= 0.6 is 11.8 Å². The minimum absolute atomic E-state index is 0.0689. The lowest BCUT2D eigenvalue weighted by Gasteiger charge is -2.30. The summed E-state index contributed by atoms with van der Waals surface area (Å²) >= 11 is 1.59. The topological polar surface area (TPSA) is 93.5 Å². The van der Waals surface area contributed by atoms with Gasteiger partial charge in [0.15, 0.2) is 11.0 Å². The molecule has 154 valence electrons. The van der Waals surface area contributed by atoms with E-state index in [1.165, 1.54) is 0 Å². The molecule has 1 aliphatic heterocycles. The molecule has 0 spiro atoms. The number of anilines is 1. The number of Topliss-reactive ketones (excluding diaryl/α,β-unsaturated/α-hetero) is 1. The maximum Gasteiger partial charge on any atom is 0.187 e. The zero-order chi connectivity index (χ0) is 21.1. The van der Waals surface area contributed by atoms with Gasteiger partial charge in [0.1, 0.15) is 11.5 Å². The van der Waals surface area contributed by atoms with Gasteiger partial charge in [0, 0.05) is 17.0 Å². The van der Waals surface area contributed by atoms with Crippen molar-refractivity contribution in [3.05, 3.63) is 71.5 Å². The molecule has 30 heavy (non-hydrogen) atoms. The molecule has 3 aromatic rings. The lowest BCUT2D eigenvalue weighted by atomic mass is 9.89. The quantitative estimate of drug-likeness (QED) is 0.566. The Labute approximate surface area is 179 Å². The molecule has 0 fully saturated rings. The van der Waals surface area contributed by atoms with Crippen LogP contribution in [0.2, 0.25) is 0 Å². The maximum absolute atomic E-state index is 13.0. The Hall–Kier alpha value is -3.06. The number of aromatic nitrogens is 1. The van der Waals surface area contributed by atoms with Crippen molar-refractivity contribution in [2.75, 3.05) is 17.6 Å². The summed E-state index contributed by atoms with van der Waals surface area (Å²) in [7, 11) is 0. The molecule has 0 saturated carbocycles. The second-order valence-corrected chi connectivity index (χ2v) is 8.62. The predicted molar refractivity (Wildman–Crippen MR) is 122 cm³/mol. The molecule has 1 unspecified atom stereocenters. The molecular weight excluding hydrogens is 396 g/mol. The largest absolute Gasteiger partial charge is 0.379 e. The Morgan fingerprint density at radius 3 is 2.80 bits per heavy atom. The van der Waals surface area contributed by atoms with Crippen molar-refractivity contribution < 1.29 is 9.32 Å². The number of rotatable bonds is 6. The van der Waals surface area contributed by atoms with E-state index in [1.807, 2.05) is 48.5 Å². The van der Waals surface area contributed by atoms with Crippen LogP contribution in [0.5, 0.6) is 0 Å². The molecule has 0 amide bonds. The summed E-state index contributed by atoms with van der Waals surface area (Å²) < 4.78 is 5.32. The fourth-order valence-electron chi connectivity index (χ4n) is 3.62. The first kappa shape index (κ1) is 20.2. The van der Waals surface area contributed by atoms with Crippen LogP contribution in [-0.4, -0.2) is 28.4 Å². The van der Waals surface area contributed by atoms with Gasteiger partial charge in [0.2, 0.25) is 0 Å². The number of aliphatic imine (C=N–C) groups is 1. The van der Waals surface area contributed by atoms with Crippen LogP contribution in [0.1, 0.15) is 35.0 Å². The Balaban J connectivity index is 1.52. The summed E-state index contributed by atoms with van der Waals surface area (Å²) in [5.74, 6) is 1.39. The van der Waals surface area contributed by atoms with E-state index in [2.05, 4.69) is 28.5 Å². The van der Waals surface area contributed by atoms with Crippen molar-refractivity contribution in [2.24, 2.45) is 10.7 Å². The van der Waals surface area contributed by atoms with Gasteiger partial charge in [-0.3, -0.25) is 9.79 Å². The van der Waals surface area contributed by atoms with Crippen molar-refractivity contribution in [3.8, 4) is 11.3 Å². The third-order valence-electron chi connectivity index (χ3n) is 5.32. The fourth-order valence-corrected chi connectivity index (χ4v) is 4.60. The molecule has 4 rings (SSSR count). The Morgan fingerprint density at radius 2 is 2.03 bits per heavy atom. The average molecular weight is 421 g/mol. The number of amidine groups is 1. The summed E-state index contributed by atoms with van der Waals surface area (Å²) in [5.41, 5.74) is 9.50. The monoisotopic (exact) mass is 420 g/mol. The zero-order valence-electron chi connectivity index (χ0n) is 17.0. The van der Waals surface area contributed by atoms with Gasteiger partial charge in [-0.25, -0.2) is 0 Å². The number of hydrogen-bond donors (Lipinski definition) is 2. The third-order valence-corrected chi connectivity index (χ3v) is 6.12. The molecule has 0 aliphatic carbocycles. The van der Waals surface area contributed by atoms with Crippen LogP contribution in [0.25, 0.3) is 11.3 Å². The van der Waals surface area contributed by atoms with Crippen LogP contribution in [0.15, 0.2) is 64.1 Å². The summed E-state index contributed by atoms with van der Waals surface area (Å²) in [4.78, 5) is 17.6. The first-order valence-electron chi connectivity index (χ1n) is 9.84. The molecule has 1 atom stereocenters. The minimum Gasteiger partial charge on any atom is -0.379 e. The lowest BCUT2D eigenvalue weighted by molar-refractivity contribution is 0.100. The second kappa shape index (κ2) is 8.36. The van der Waals surface area contributed by atoms with E-state index in [1.54, 1.807) is 18.7 Å². The third kappa shape index (κ3) is 4.11. The number of carbonyl (C=O) groups excluding carboxylic acids is 1. The molecular formula is C23H24N4O2S. The number of carbonyl (C=O) groups is 1. The van der Waals surface area contributed by atoms with Crippen molar-refractivity contribution in [1.82, 2.24) is 5.16 Å². The Kier molecular flexibility index (Phi) is 5.63. The molecule has 3 N–H and O–H groups in total. The van der Waals surface area contributed by atoms with Crippen LogP contribution in [0.3, 0.4) is 0 Å². The Bertz CT molecular complexity index is 1090. The number of benzene rings is 2. The highest BCUT2D eigenvalue weighted by atomic mass is 32.2. The van der Waals surface area contributed by atoms with Gasteiger partial charge in [-0.2, -0.15) is 0 Å². The van der Waals surface area contributed by atoms with Gasteiger partial charge in [-0.15, -0.1) is 0 Å². The lowest BCUT2D eigenvalue weighted by Crippen LogP contribution is -2.28. The molecule has 2 aromatic carbocycles. The van der Waals surface area contributed by atoms with Gasteiger partial charge in [-0.1, -0.05) is 59.4 Å². The first-order valence-corrected chi connectivity index (χ1v) is 10.8. The van der Waals surface area contributed by atoms with Crippen LogP contribution in [-0.2, 0) is 5.54 Å².